The Hall–Kier alpha value is -1.01. The van der Waals surface area contributed by atoms with E-state index >= 15 is 0 Å². The summed E-state index contributed by atoms with van der Waals surface area (Å²) in [6.45, 7) is 5.54. The summed E-state index contributed by atoms with van der Waals surface area (Å²) in [5, 5.41) is 8.59. The van der Waals surface area contributed by atoms with Crippen molar-refractivity contribution in [1.29, 1.82) is 0 Å². The van der Waals surface area contributed by atoms with Gasteiger partial charge in [-0.15, -0.1) is 12.3 Å². The van der Waals surface area contributed by atoms with Gasteiger partial charge in [0.15, 0.2) is 0 Å². The highest BCUT2D eigenvalue weighted by Crippen LogP contribution is 2.03. The Morgan fingerprint density at radius 3 is 2.69 bits per heavy atom. The van der Waals surface area contributed by atoms with Crippen molar-refractivity contribution in [3.8, 4) is 12.3 Å². The maximum Gasteiger partial charge on any atom is 0.304 e. The van der Waals surface area contributed by atoms with Gasteiger partial charge in [0.1, 0.15) is 0 Å². The monoisotopic (exact) mass is 183 g/mol. The van der Waals surface area contributed by atoms with Crippen LogP contribution in [0.15, 0.2) is 0 Å². The molecule has 0 spiro atoms. The quantitative estimate of drug-likeness (QED) is 0.629. The SMILES string of the molecule is C#CCCN(CC)C(C)CC(=O)O. The summed E-state index contributed by atoms with van der Waals surface area (Å²) in [5.74, 6) is 1.79. The smallest absolute Gasteiger partial charge is 0.304 e. The molecule has 1 N–H and O–H groups in total. The fourth-order valence-electron chi connectivity index (χ4n) is 1.28. The Bertz CT molecular complexity index is 196. The number of carboxylic acids is 1. The molecule has 3 nitrogen and oxygen atoms in total. The molecule has 0 aliphatic carbocycles. The Morgan fingerprint density at radius 1 is 1.69 bits per heavy atom. The van der Waals surface area contributed by atoms with Gasteiger partial charge in [-0.2, -0.15) is 0 Å². The van der Waals surface area contributed by atoms with Crippen LogP contribution in [0.2, 0.25) is 0 Å². The van der Waals surface area contributed by atoms with Crippen molar-refractivity contribution < 1.29 is 9.90 Å². The van der Waals surface area contributed by atoms with E-state index in [4.69, 9.17) is 11.5 Å². The highest BCUT2D eigenvalue weighted by atomic mass is 16.4. The standard InChI is InChI=1S/C10H17NO2/c1-4-6-7-11(5-2)9(3)8-10(12)13/h1,9H,5-8H2,2-3H3,(H,12,13). The van der Waals surface area contributed by atoms with Crippen molar-refractivity contribution in [2.75, 3.05) is 13.1 Å². The van der Waals surface area contributed by atoms with Crippen LogP contribution in [-0.2, 0) is 4.79 Å². The van der Waals surface area contributed by atoms with Gasteiger partial charge in [-0.3, -0.25) is 9.69 Å². The minimum Gasteiger partial charge on any atom is -0.481 e. The van der Waals surface area contributed by atoms with E-state index in [2.05, 4.69) is 10.8 Å². The van der Waals surface area contributed by atoms with Gasteiger partial charge >= 0.3 is 5.97 Å². The van der Waals surface area contributed by atoms with Crippen LogP contribution in [0.4, 0.5) is 0 Å². The number of rotatable bonds is 6. The van der Waals surface area contributed by atoms with Crippen LogP contribution in [0.3, 0.4) is 0 Å². The molecule has 74 valence electrons. The molecule has 13 heavy (non-hydrogen) atoms. The Labute approximate surface area is 79.7 Å². The van der Waals surface area contributed by atoms with Crippen molar-refractivity contribution in [3.63, 3.8) is 0 Å². The summed E-state index contributed by atoms with van der Waals surface area (Å²) in [5.41, 5.74) is 0. The zero-order valence-corrected chi connectivity index (χ0v) is 8.29. The predicted octanol–water partition coefficient (Wildman–Crippen LogP) is 1.19. The van der Waals surface area contributed by atoms with Crippen LogP contribution in [0.1, 0.15) is 26.7 Å². The molecule has 0 saturated carbocycles. The molecule has 0 aromatic rings. The van der Waals surface area contributed by atoms with E-state index in [9.17, 15) is 4.79 Å². The Kier molecular flexibility index (Phi) is 5.99. The van der Waals surface area contributed by atoms with Crippen LogP contribution in [-0.4, -0.2) is 35.1 Å². The molecule has 0 rings (SSSR count). The number of hydrogen-bond acceptors (Lipinski definition) is 2. The van der Waals surface area contributed by atoms with Gasteiger partial charge in [0, 0.05) is 19.0 Å². The summed E-state index contributed by atoms with van der Waals surface area (Å²) in [6.07, 6.45) is 6.00. The first kappa shape index (κ1) is 12.0. The lowest BCUT2D eigenvalue weighted by Crippen LogP contribution is -2.35. The Morgan fingerprint density at radius 2 is 2.31 bits per heavy atom. The molecular formula is C10H17NO2. The maximum atomic E-state index is 10.4. The van der Waals surface area contributed by atoms with Crippen molar-refractivity contribution in [2.45, 2.75) is 32.7 Å². The van der Waals surface area contributed by atoms with Crippen molar-refractivity contribution in [3.05, 3.63) is 0 Å². The lowest BCUT2D eigenvalue weighted by Gasteiger charge is -2.25. The molecule has 0 saturated heterocycles. The number of carboxylic acid groups (broad SMARTS) is 1. The van der Waals surface area contributed by atoms with E-state index in [1.807, 2.05) is 13.8 Å². The second-order valence-corrected chi connectivity index (χ2v) is 3.03. The van der Waals surface area contributed by atoms with Crippen LogP contribution in [0.5, 0.6) is 0 Å². The third-order valence-electron chi connectivity index (χ3n) is 2.04. The van der Waals surface area contributed by atoms with Gasteiger partial charge in [0.2, 0.25) is 0 Å². The maximum absolute atomic E-state index is 10.4. The van der Waals surface area contributed by atoms with Crippen molar-refractivity contribution in [2.24, 2.45) is 0 Å². The lowest BCUT2D eigenvalue weighted by atomic mass is 10.2. The minimum atomic E-state index is -0.758. The van der Waals surface area contributed by atoms with E-state index < -0.39 is 5.97 Å². The van der Waals surface area contributed by atoms with Gasteiger partial charge in [-0.1, -0.05) is 6.92 Å². The molecule has 0 fully saturated rings. The van der Waals surface area contributed by atoms with E-state index in [0.29, 0.717) is 6.42 Å². The molecule has 1 unspecified atom stereocenters. The topological polar surface area (TPSA) is 40.5 Å². The molecule has 0 aliphatic rings. The van der Waals surface area contributed by atoms with Crippen LogP contribution >= 0.6 is 0 Å². The predicted molar refractivity (Wildman–Crippen MR) is 52.4 cm³/mol. The highest BCUT2D eigenvalue weighted by Gasteiger charge is 2.14. The molecule has 0 aromatic carbocycles. The second kappa shape index (κ2) is 6.50. The summed E-state index contributed by atoms with van der Waals surface area (Å²) in [6, 6.07) is 0.0656. The molecule has 0 radical (unpaired) electrons. The van der Waals surface area contributed by atoms with Gasteiger partial charge in [0.25, 0.3) is 0 Å². The first-order valence-corrected chi connectivity index (χ1v) is 4.51. The summed E-state index contributed by atoms with van der Waals surface area (Å²) in [4.78, 5) is 12.5. The van der Waals surface area contributed by atoms with Gasteiger partial charge in [-0.25, -0.2) is 0 Å². The fraction of sp³-hybridized carbons (Fsp3) is 0.700. The van der Waals surface area contributed by atoms with Crippen LogP contribution < -0.4 is 0 Å². The molecule has 0 aliphatic heterocycles. The first-order valence-electron chi connectivity index (χ1n) is 4.51. The normalized spacial score (nSPS) is 12.5. The zero-order valence-electron chi connectivity index (χ0n) is 8.29. The largest absolute Gasteiger partial charge is 0.481 e. The summed E-state index contributed by atoms with van der Waals surface area (Å²) < 4.78 is 0. The van der Waals surface area contributed by atoms with E-state index in [1.54, 1.807) is 0 Å². The molecule has 0 amide bonds. The van der Waals surface area contributed by atoms with Crippen molar-refractivity contribution in [1.82, 2.24) is 4.90 Å². The first-order chi connectivity index (χ1) is 6.11. The third kappa shape index (κ3) is 5.26. The Balaban J connectivity index is 3.92. The number of aliphatic carboxylic acids is 1. The van der Waals surface area contributed by atoms with Gasteiger partial charge in [0.05, 0.1) is 6.42 Å². The molecule has 0 heterocycles. The molecule has 3 heteroatoms. The number of terminal acetylenes is 1. The van der Waals surface area contributed by atoms with Crippen molar-refractivity contribution >= 4 is 5.97 Å². The number of hydrogen-bond donors (Lipinski definition) is 1. The summed E-state index contributed by atoms with van der Waals surface area (Å²) >= 11 is 0. The average molecular weight is 183 g/mol. The zero-order chi connectivity index (χ0) is 10.3. The molecular weight excluding hydrogens is 166 g/mol. The minimum absolute atomic E-state index is 0.0656. The average Bonchev–Trinajstić information content (AvgIpc) is 2.04. The fourth-order valence-corrected chi connectivity index (χ4v) is 1.28. The van der Waals surface area contributed by atoms with E-state index in [-0.39, 0.29) is 12.5 Å². The molecule has 0 bridgehead atoms. The molecule has 1 atom stereocenters. The second-order valence-electron chi connectivity index (χ2n) is 3.03. The van der Waals surface area contributed by atoms with E-state index in [0.717, 1.165) is 13.1 Å². The lowest BCUT2D eigenvalue weighted by molar-refractivity contribution is -0.138. The van der Waals surface area contributed by atoms with Crippen LogP contribution in [0, 0.1) is 12.3 Å². The van der Waals surface area contributed by atoms with Crippen LogP contribution in [0.25, 0.3) is 0 Å². The van der Waals surface area contributed by atoms with Gasteiger partial charge in [-0.05, 0) is 13.5 Å². The third-order valence-corrected chi connectivity index (χ3v) is 2.04. The number of nitrogens with zero attached hydrogens (tertiary/aromatic N) is 1. The number of carbonyl (C=O) groups is 1. The summed E-state index contributed by atoms with van der Waals surface area (Å²) in [7, 11) is 0. The van der Waals surface area contributed by atoms with Gasteiger partial charge < -0.3 is 5.11 Å². The molecule has 0 aromatic heterocycles. The van der Waals surface area contributed by atoms with E-state index in [1.165, 1.54) is 0 Å². The highest BCUT2D eigenvalue weighted by molar-refractivity contribution is 5.67.